The zero-order valence-corrected chi connectivity index (χ0v) is 11.2. The van der Waals surface area contributed by atoms with Crippen LogP contribution < -0.4 is 11.1 Å². The molecule has 0 radical (unpaired) electrons. The van der Waals surface area contributed by atoms with Gasteiger partial charge in [0.25, 0.3) is 0 Å². The van der Waals surface area contributed by atoms with Crippen LogP contribution >= 0.6 is 23.6 Å². The van der Waals surface area contributed by atoms with Crippen molar-refractivity contribution < 1.29 is 0 Å². The summed E-state index contributed by atoms with van der Waals surface area (Å²) in [6.45, 7) is 4.02. The molecule has 0 spiro atoms. The van der Waals surface area contributed by atoms with Crippen LogP contribution in [0.3, 0.4) is 0 Å². The Labute approximate surface area is 109 Å². The van der Waals surface area contributed by atoms with Gasteiger partial charge in [0.05, 0.1) is 17.6 Å². The second-order valence-electron chi connectivity index (χ2n) is 3.57. The minimum absolute atomic E-state index is 0.347. The van der Waals surface area contributed by atoms with E-state index in [0.717, 1.165) is 22.1 Å². The number of pyridine rings is 1. The lowest BCUT2D eigenvalue weighted by atomic mass is 10.2. The first-order valence-electron chi connectivity index (χ1n) is 5.03. The topological polar surface area (TPSA) is 63.8 Å². The van der Waals surface area contributed by atoms with Gasteiger partial charge in [0.2, 0.25) is 0 Å². The summed E-state index contributed by atoms with van der Waals surface area (Å²) in [5.41, 5.74) is 8.24. The van der Waals surface area contributed by atoms with E-state index in [1.54, 1.807) is 29.8 Å². The summed E-state index contributed by atoms with van der Waals surface area (Å²) in [6, 6.07) is 1.79. The van der Waals surface area contributed by atoms with Crippen LogP contribution in [0.25, 0.3) is 0 Å². The number of rotatable bonds is 3. The molecule has 0 saturated carbocycles. The molecule has 2 heterocycles. The second-order valence-corrected chi connectivity index (χ2v) is 5.21. The van der Waals surface area contributed by atoms with Crippen molar-refractivity contribution in [3.05, 3.63) is 34.6 Å². The van der Waals surface area contributed by atoms with Gasteiger partial charge in [-0.1, -0.05) is 12.2 Å². The number of thiocarbonyl (C=S) groups is 1. The highest BCUT2D eigenvalue weighted by Gasteiger charge is 2.08. The van der Waals surface area contributed by atoms with Gasteiger partial charge in [-0.3, -0.25) is 4.98 Å². The van der Waals surface area contributed by atoms with Crippen molar-refractivity contribution in [3.8, 4) is 0 Å². The van der Waals surface area contributed by atoms with Crippen molar-refractivity contribution in [2.24, 2.45) is 5.73 Å². The Hall–Kier alpha value is -1.53. The molecular formula is C11H12N4S2. The first kappa shape index (κ1) is 11.9. The van der Waals surface area contributed by atoms with Crippen molar-refractivity contribution in [1.82, 2.24) is 9.97 Å². The maximum Gasteiger partial charge on any atom is 0.187 e. The average Bonchev–Trinajstić information content (AvgIpc) is 2.58. The molecule has 88 valence electrons. The van der Waals surface area contributed by atoms with Gasteiger partial charge in [-0.2, -0.15) is 0 Å². The van der Waals surface area contributed by atoms with E-state index in [0.29, 0.717) is 4.99 Å². The summed E-state index contributed by atoms with van der Waals surface area (Å²) in [6.07, 6.45) is 3.36. The van der Waals surface area contributed by atoms with Crippen LogP contribution in [0.5, 0.6) is 0 Å². The number of thiazole rings is 1. The van der Waals surface area contributed by atoms with E-state index in [9.17, 15) is 0 Å². The molecule has 0 bridgehead atoms. The molecule has 0 amide bonds. The average molecular weight is 264 g/mol. The molecule has 0 fully saturated rings. The third-order valence-electron chi connectivity index (χ3n) is 2.36. The molecule has 0 aliphatic heterocycles. The van der Waals surface area contributed by atoms with Crippen LogP contribution in [0.4, 0.5) is 10.8 Å². The molecule has 3 N–H and O–H groups in total. The van der Waals surface area contributed by atoms with Crippen LogP contribution in [0, 0.1) is 13.8 Å². The predicted molar refractivity (Wildman–Crippen MR) is 75.0 cm³/mol. The number of hydrogen-bond donors (Lipinski definition) is 2. The fourth-order valence-electron chi connectivity index (χ4n) is 1.35. The monoisotopic (exact) mass is 264 g/mol. The van der Waals surface area contributed by atoms with Gasteiger partial charge in [0, 0.05) is 16.6 Å². The van der Waals surface area contributed by atoms with E-state index in [4.69, 9.17) is 18.0 Å². The molecule has 2 aromatic heterocycles. The van der Waals surface area contributed by atoms with Crippen LogP contribution in [0.1, 0.15) is 16.1 Å². The van der Waals surface area contributed by atoms with E-state index < -0.39 is 0 Å². The van der Waals surface area contributed by atoms with E-state index in [1.807, 2.05) is 13.8 Å². The number of nitrogens with zero attached hydrogens (tertiary/aromatic N) is 2. The normalized spacial score (nSPS) is 10.2. The van der Waals surface area contributed by atoms with Gasteiger partial charge < -0.3 is 11.1 Å². The second kappa shape index (κ2) is 4.77. The molecular weight excluding hydrogens is 252 g/mol. The van der Waals surface area contributed by atoms with Crippen molar-refractivity contribution in [3.63, 3.8) is 0 Å². The van der Waals surface area contributed by atoms with Gasteiger partial charge in [0.1, 0.15) is 4.99 Å². The van der Waals surface area contributed by atoms with Gasteiger partial charge in [-0.05, 0) is 19.9 Å². The van der Waals surface area contributed by atoms with Crippen molar-refractivity contribution in [1.29, 1.82) is 0 Å². The molecule has 2 aromatic rings. The molecule has 0 atom stereocenters. The largest absolute Gasteiger partial charge is 0.389 e. The highest BCUT2D eigenvalue weighted by atomic mass is 32.1. The summed E-state index contributed by atoms with van der Waals surface area (Å²) < 4.78 is 0. The highest BCUT2D eigenvalue weighted by molar-refractivity contribution is 7.80. The molecule has 0 aliphatic rings. The molecule has 17 heavy (non-hydrogen) atoms. The molecule has 2 rings (SSSR count). The number of nitrogens with two attached hydrogens (primary N) is 1. The smallest absolute Gasteiger partial charge is 0.187 e. The summed E-state index contributed by atoms with van der Waals surface area (Å²) in [7, 11) is 0. The van der Waals surface area contributed by atoms with Crippen LogP contribution in [0.15, 0.2) is 18.5 Å². The minimum atomic E-state index is 0.347. The Morgan fingerprint density at radius 1 is 1.47 bits per heavy atom. The fourth-order valence-corrected chi connectivity index (χ4v) is 2.36. The standard InChI is InChI=1S/C11H12N4S2/c1-6-7(2)17-11(14-6)15-9-5-13-4-3-8(9)10(12)16/h3-5H,1-2H3,(H2,12,16)(H,14,15). The van der Waals surface area contributed by atoms with Crippen molar-refractivity contribution in [2.75, 3.05) is 5.32 Å². The summed E-state index contributed by atoms with van der Waals surface area (Å²) in [5.74, 6) is 0. The highest BCUT2D eigenvalue weighted by Crippen LogP contribution is 2.26. The Bertz CT molecular complexity index is 543. The quantitative estimate of drug-likeness (QED) is 0.834. The number of hydrogen-bond acceptors (Lipinski definition) is 5. The first-order chi connectivity index (χ1) is 8.08. The molecule has 0 aliphatic carbocycles. The first-order valence-corrected chi connectivity index (χ1v) is 6.25. The Morgan fingerprint density at radius 2 is 2.24 bits per heavy atom. The third-order valence-corrected chi connectivity index (χ3v) is 3.56. The molecule has 0 aromatic carbocycles. The van der Waals surface area contributed by atoms with Crippen LogP contribution in [-0.4, -0.2) is 15.0 Å². The molecule has 0 saturated heterocycles. The Kier molecular flexibility index (Phi) is 3.35. The molecule has 6 heteroatoms. The zero-order chi connectivity index (χ0) is 12.4. The van der Waals surface area contributed by atoms with E-state index in [-0.39, 0.29) is 0 Å². The zero-order valence-electron chi connectivity index (χ0n) is 9.52. The minimum Gasteiger partial charge on any atom is -0.389 e. The fraction of sp³-hybridized carbons (Fsp3) is 0.182. The van der Waals surface area contributed by atoms with E-state index >= 15 is 0 Å². The Balaban J connectivity index is 2.33. The van der Waals surface area contributed by atoms with Crippen molar-refractivity contribution in [2.45, 2.75) is 13.8 Å². The Morgan fingerprint density at radius 3 is 2.82 bits per heavy atom. The summed E-state index contributed by atoms with van der Waals surface area (Å²) in [5, 5.41) is 4.02. The number of anilines is 2. The van der Waals surface area contributed by atoms with Gasteiger partial charge >= 0.3 is 0 Å². The summed E-state index contributed by atoms with van der Waals surface area (Å²) >= 11 is 6.59. The van der Waals surface area contributed by atoms with E-state index in [1.165, 1.54) is 4.88 Å². The number of aryl methyl sites for hydroxylation is 2. The molecule has 4 nitrogen and oxygen atoms in total. The third kappa shape index (κ3) is 2.59. The lowest BCUT2D eigenvalue weighted by Crippen LogP contribution is -2.12. The van der Waals surface area contributed by atoms with Crippen LogP contribution in [-0.2, 0) is 0 Å². The lowest BCUT2D eigenvalue weighted by molar-refractivity contribution is 1.22. The molecule has 0 unspecified atom stereocenters. The maximum atomic E-state index is 5.65. The van der Waals surface area contributed by atoms with Gasteiger partial charge in [0.15, 0.2) is 5.13 Å². The predicted octanol–water partition coefficient (Wildman–Crippen LogP) is 2.53. The van der Waals surface area contributed by atoms with Gasteiger partial charge in [-0.15, -0.1) is 11.3 Å². The van der Waals surface area contributed by atoms with Crippen molar-refractivity contribution >= 4 is 39.4 Å². The number of nitrogens with one attached hydrogen (secondary N) is 1. The number of aromatic nitrogens is 2. The van der Waals surface area contributed by atoms with Gasteiger partial charge in [-0.25, -0.2) is 4.98 Å². The maximum absolute atomic E-state index is 5.65. The van der Waals surface area contributed by atoms with E-state index in [2.05, 4.69) is 15.3 Å². The lowest BCUT2D eigenvalue weighted by Gasteiger charge is -2.07. The summed E-state index contributed by atoms with van der Waals surface area (Å²) in [4.78, 5) is 9.99. The van der Waals surface area contributed by atoms with Crippen LogP contribution in [0.2, 0.25) is 0 Å². The SMILES string of the molecule is Cc1nc(Nc2cnccc2C(N)=S)sc1C.